The van der Waals surface area contributed by atoms with Crippen LogP contribution in [0, 0.1) is 3.57 Å². The lowest BCUT2D eigenvalue weighted by Gasteiger charge is -2.22. The van der Waals surface area contributed by atoms with Crippen molar-refractivity contribution in [2.75, 3.05) is 13.7 Å². The van der Waals surface area contributed by atoms with Crippen LogP contribution in [-0.2, 0) is 6.42 Å². The minimum atomic E-state index is 0.235. The zero-order valence-electron chi connectivity index (χ0n) is 11.5. The number of hydrogen-bond acceptors (Lipinski definition) is 2. The molecular formula is C17H18INO. The molecule has 0 radical (unpaired) electrons. The minimum Gasteiger partial charge on any atom is -0.493 e. The van der Waals surface area contributed by atoms with Gasteiger partial charge in [-0.3, -0.25) is 0 Å². The van der Waals surface area contributed by atoms with E-state index in [-0.39, 0.29) is 6.04 Å². The van der Waals surface area contributed by atoms with Gasteiger partial charge in [-0.25, -0.2) is 0 Å². The summed E-state index contributed by atoms with van der Waals surface area (Å²) in [4.78, 5) is 0. The first-order chi connectivity index (χ1) is 9.78. The quantitative estimate of drug-likeness (QED) is 0.817. The van der Waals surface area contributed by atoms with E-state index in [2.05, 4.69) is 70.4 Å². The highest BCUT2D eigenvalue weighted by Crippen LogP contribution is 2.30. The number of halogens is 1. The van der Waals surface area contributed by atoms with Gasteiger partial charge in [0.2, 0.25) is 0 Å². The van der Waals surface area contributed by atoms with E-state index in [0.29, 0.717) is 0 Å². The Labute approximate surface area is 133 Å². The van der Waals surface area contributed by atoms with Gasteiger partial charge in [-0.05, 0) is 77.4 Å². The maximum absolute atomic E-state index is 5.69. The number of fused-ring (bicyclic) bond motifs is 1. The Kier molecular flexibility index (Phi) is 4.27. The third kappa shape index (κ3) is 2.83. The van der Waals surface area contributed by atoms with Crippen LogP contribution >= 0.6 is 22.6 Å². The normalized spacial score (nSPS) is 15.3. The number of benzene rings is 2. The molecule has 0 aliphatic carbocycles. The predicted molar refractivity (Wildman–Crippen MR) is 90.3 cm³/mol. The fourth-order valence-electron chi connectivity index (χ4n) is 2.74. The van der Waals surface area contributed by atoms with Gasteiger partial charge in [0, 0.05) is 3.57 Å². The van der Waals surface area contributed by atoms with Crippen molar-refractivity contribution >= 4 is 22.6 Å². The topological polar surface area (TPSA) is 21.3 Å². The summed E-state index contributed by atoms with van der Waals surface area (Å²) in [5.41, 5.74) is 3.93. The molecule has 0 spiro atoms. The lowest BCUT2D eigenvalue weighted by molar-refractivity contribution is 0.288. The zero-order chi connectivity index (χ0) is 13.9. The SMILES string of the molecule is CNC(c1ccc(I)cc1)c1ccc2c(c1)CCCO2. The molecule has 0 amide bonds. The van der Waals surface area contributed by atoms with Crippen molar-refractivity contribution < 1.29 is 4.74 Å². The molecule has 1 aliphatic heterocycles. The van der Waals surface area contributed by atoms with Crippen LogP contribution in [-0.4, -0.2) is 13.7 Å². The lowest BCUT2D eigenvalue weighted by atomic mass is 9.95. The Balaban J connectivity index is 1.94. The van der Waals surface area contributed by atoms with Crippen LogP contribution in [0.3, 0.4) is 0 Å². The minimum absolute atomic E-state index is 0.235. The Morgan fingerprint density at radius 2 is 1.85 bits per heavy atom. The molecule has 2 aromatic carbocycles. The third-order valence-corrected chi connectivity index (χ3v) is 4.48. The molecule has 2 nitrogen and oxygen atoms in total. The van der Waals surface area contributed by atoms with Gasteiger partial charge < -0.3 is 10.1 Å². The van der Waals surface area contributed by atoms with E-state index in [4.69, 9.17) is 4.74 Å². The summed E-state index contributed by atoms with van der Waals surface area (Å²) in [6.07, 6.45) is 2.23. The summed E-state index contributed by atoms with van der Waals surface area (Å²) >= 11 is 2.34. The van der Waals surface area contributed by atoms with Crippen LogP contribution in [0.5, 0.6) is 5.75 Å². The molecule has 0 saturated carbocycles. The molecule has 0 fully saturated rings. The van der Waals surface area contributed by atoms with Gasteiger partial charge >= 0.3 is 0 Å². The van der Waals surface area contributed by atoms with E-state index in [9.17, 15) is 0 Å². The molecule has 104 valence electrons. The van der Waals surface area contributed by atoms with Crippen molar-refractivity contribution in [1.29, 1.82) is 0 Å². The molecule has 0 aromatic heterocycles. The smallest absolute Gasteiger partial charge is 0.122 e. The van der Waals surface area contributed by atoms with Gasteiger partial charge in [0.1, 0.15) is 5.75 Å². The van der Waals surface area contributed by atoms with Crippen LogP contribution in [0.15, 0.2) is 42.5 Å². The molecule has 20 heavy (non-hydrogen) atoms. The van der Waals surface area contributed by atoms with E-state index >= 15 is 0 Å². The maximum Gasteiger partial charge on any atom is 0.122 e. The van der Waals surface area contributed by atoms with Crippen molar-refractivity contribution in [3.8, 4) is 5.75 Å². The van der Waals surface area contributed by atoms with Crippen molar-refractivity contribution in [1.82, 2.24) is 5.32 Å². The van der Waals surface area contributed by atoms with Crippen LogP contribution in [0.2, 0.25) is 0 Å². The van der Waals surface area contributed by atoms with E-state index in [1.54, 1.807) is 0 Å². The highest BCUT2D eigenvalue weighted by atomic mass is 127. The summed E-state index contributed by atoms with van der Waals surface area (Å²) in [6, 6.07) is 15.5. The van der Waals surface area contributed by atoms with Gasteiger partial charge in [0.05, 0.1) is 12.6 Å². The van der Waals surface area contributed by atoms with Crippen LogP contribution in [0.4, 0.5) is 0 Å². The van der Waals surface area contributed by atoms with Gasteiger partial charge in [0.25, 0.3) is 0 Å². The van der Waals surface area contributed by atoms with Crippen LogP contribution in [0.25, 0.3) is 0 Å². The second-order valence-corrected chi connectivity index (χ2v) is 6.34. The van der Waals surface area contributed by atoms with Gasteiger partial charge in [-0.2, -0.15) is 0 Å². The number of nitrogens with one attached hydrogen (secondary N) is 1. The Morgan fingerprint density at radius 1 is 1.10 bits per heavy atom. The molecule has 2 aromatic rings. The van der Waals surface area contributed by atoms with Gasteiger partial charge in [-0.15, -0.1) is 0 Å². The van der Waals surface area contributed by atoms with E-state index in [1.807, 2.05) is 7.05 Å². The number of rotatable bonds is 3. The second kappa shape index (κ2) is 6.14. The molecule has 3 rings (SSSR count). The number of hydrogen-bond donors (Lipinski definition) is 1. The molecule has 0 bridgehead atoms. The third-order valence-electron chi connectivity index (χ3n) is 3.76. The first kappa shape index (κ1) is 13.9. The Bertz CT molecular complexity index is 594. The molecule has 1 atom stereocenters. The maximum atomic E-state index is 5.69. The van der Waals surface area contributed by atoms with Gasteiger partial charge in [0.15, 0.2) is 0 Å². The van der Waals surface area contributed by atoms with E-state index in [1.165, 1.54) is 20.3 Å². The zero-order valence-corrected chi connectivity index (χ0v) is 13.7. The van der Waals surface area contributed by atoms with E-state index in [0.717, 1.165) is 25.2 Å². The first-order valence-electron chi connectivity index (χ1n) is 6.96. The molecule has 3 heteroatoms. The number of ether oxygens (including phenoxy) is 1. The second-order valence-electron chi connectivity index (χ2n) is 5.09. The molecule has 1 aliphatic rings. The fraction of sp³-hybridized carbons (Fsp3) is 0.294. The summed E-state index contributed by atoms with van der Waals surface area (Å²) in [7, 11) is 2.01. The van der Waals surface area contributed by atoms with Crippen molar-refractivity contribution in [2.24, 2.45) is 0 Å². The van der Waals surface area contributed by atoms with Crippen molar-refractivity contribution in [3.05, 3.63) is 62.7 Å². The predicted octanol–water partition coefficient (Wildman–Crippen LogP) is 3.93. The molecular weight excluding hydrogens is 361 g/mol. The number of aryl methyl sites for hydroxylation is 1. The fourth-order valence-corrected chi connectivity index (χ4v) is 3.10. The summed E-state index contributed by atoms with van der Waals surface area (Å²) in [6.45, 7) is 0.846. The Hall–Kier alpha value is -1.07. The van der Waals surface area contributed by atoms with E-state index < -0.39 is 0 Å². The molecule has 1 unspecified atom stereocenters. The van der Waals surface area contributed by atoms with Crippen LogP contribution < -0.4 is 10.1 Å². The van der Waals surface area contributed by atoms with Crippen LogP contribution in [0.1, 0.15) is 29.2 Å². The van der Waals surface area contributed by atoms with Crippen molar-refractivity contribution in [2.45, 2.75) is 18.9 Å². The first-order valence-corrected chi connectivity index (χ1v) is 8.04. The molecule has 1 heterocycles. The van der Waals surface area contributed by atoms with Crippen molar-refractivity contribution in [3.63, 3.8) is 0 Å². The lowest BCUT2D eigenvalue weighted by Crippen LogP contribution is -2.18. The highest BCUT2D eigenvalue weighted by molar-refractivity contribution is 14.1. The average molecular weight is 379 g/mol. The standard InChI is InChI=1S/C17H18INO/c1-19-17(12-4-7-15(18)8-5-12)14-6-9-16-13(11-14)3-2-10-20-16/h4-9,11,17,19H,2-3,10H2,1H3. The summed E-state index contributed by atoms with van der Waals surface area (Å²) in [5.74, 6) is 1.05. The monoisotopic (exact) mass is 379 g/mol. The largest absolute Gasteiger partial charge is 0.493 e. The highest BCUT2D eigenvalue weighted by Gasteiger charge is 2.16. The molecule has 0 saturated heterocycles. The Morgan fingerprint density at radius 3 is 2.60 bits per heavy atom. The molecule has 1 N–H and O–H groups in total. The average Bonchev–Trinajstić information content (AvgIpc) is 2.50. The summed E-state index contributed by atoms with van der Waals surface area (Å²) in [5, 5.41) is 3.42. The van der Waals surface area contributed by atoms with Gasteiger partial charge in [-0.1, -0.05) is 24.3 Å². The summed E-state index contributed by atoms with van der Waals surface area (Å²) < 4.78 is 6.96.